The summed E-state index contributed by atoms with van der Waals surface area (Å²) >= 11 is 7.32. The highest BCUT2D eigenvalue weighted by molar-refractivity contribution is 7.16. The molecule has 1 aromatic rings. The fourth-order valence-electron chi connectivity index (χ4n) is 3.07. The van der Waals surface area contributed by atoms with Crippen molar-refractivity contribution in [3.05, 3.63) is 34.0 Å². The third kappa shape index (κ3) is 3.57. The van der Waals surface area contributed by atoms with Gasteiger partial charge in [-0.1, -0.05) is 17.7 Å². The molecule has 8 heteroatoms. The average Bonchev–Trinajstić information content (AvgIpc) is 3.30. The van der Waals surface area contributed by atoms with Crippen LogP contribution in [-0.2, 0) is 16.1 Å². The van der Waals surface area contributed by atoms with Gasteiger partial charge < -0.3 is 10.2 Å². The van der Waals surface area contributed by atoms with Crippen molar-refractivity contribution in [3.63, 3.8) is 0 Å². The zero-order valence-electron chi connectivity index (χ0n) is 14.0. The highest BCUT2D eigenvalue weighted by Crippen LogP contribution is 2.42. The lowest BCUT2D eigenvalue weighted by Crippen LogP contribution is -2.47. The van der Waals surface area contributed by atoms with Crippen molar-refractivity contribution in [2.75, 3.05) is 13.1 Å². The SMILES string of the molecule is C=CCN(Cc1ccc(Cl)s1)C(=O)CN1C(=O)NC(C)(C2CC2)C1=O. The highest BCUT2D eigenvalue weighted by Gasteiger charge is 2.56. The Hall–Kier alpha value is -1.86. The smallest absolute Gasteiger partial charge is 0.325 e. The predicted molar refractivity (Wildman–Crippen MR) is 96.3 cm³/mol. The molecule has 6 nitrogen and oxygen atoms in total. The molecule has 2 fully saturated rings. The van der Waals surface area contributed by atoms with Gasteiger partial charge in [0.05, 0.1) is 10.9 Å². The Morgan fingerprint density at radius 1 is 1.52 bits per heavy atom. The van der Waals surface area contributed by atoms with Gasteiger partial charge in [0.1, 0.15) is 12.1 Å². The van der Waals surface area contributed by atoms with Crippen molar-refractivity contribution in [1.82, 2.24) is 15.1 Å². The van der Waals surface area contributed by atoms with E-state index in [1.165, 1.54) is 11.3 Å². The van der Waals surface area contributed by atoms with E-state index in [1.54, 1.807) is 24.0 Å². The lowest BCUT2D eigenvalue weighted by Gasteiger charge is -2.24. The first-order valence-electron chi connectivity index (χ1n) is 8.12. The van der Waals surface area contributed by atoms with E-state index in [0.717, 1.165) is 22.6 Å². The maximum Gasteiger partial charge on any atom is 0.325 e. The predicted octanol–water partition coefficient (Wildman–Crippen LogP) is 2.64. The zero-order valence-corrected chi connectivity index (χ0v) is 15.5. The van der Waals surface area contributed by atoms with E-state index in [-0.39, 0.29) is 24.3 Å². The van der Waals surface area contributed by atoms with Gasteiger partial charge in [-0.3, -0.25) is 14.5 Å². The number of hydrogen-bond donors (Lipinski definition) is 1. The first-order chi connectivity index (χ1) is 11.8. The monoisotopic (exact) mass is 381 g/mol. The molecule has 1 saturated heterocycles. The molecule has 3 rings (SSSR count). The zero-order chi connectivity index (χ0) is 18.2. The Bertz CT molecular complexity index is 730. The number of rotatable bonds is 7. The molecule has 0 aromatic carbocycles. The van der Waals surface area contributed by atoms with Gasteiger partial charge in [-0.25, -0.2) is 4.79 Å². The third-order valence-electron chi connectivity index (χ3n) is 4.67. The fraction of sp³-hybridized carbons (Fsp3) is 0.471. The van der Waals surface area contributed by atoms with Gasteiger partial charge in [0.2, 0.25) is 5.91 Å². The van der Waals surface area contributed by atoms with E-state index in [1.807, 2.05) is 6.07 Å². The number of imide groups is 1. The number of thiophene rings is 1. The van der Waals surface area contributed by atoms with Crippen LogP contribution in [0.15, 0.2) is 24.8 Å². The summed E-state index contributed by atoms with van der Waals surface area (Å²) in [5, 5.41) is 2.75. The number of carbonyl (C=O) groups is 3. The topological polar surface area (TPSA) is 69.7 Å². The second-order valence-electron chi connectivity index (χ2n) is 6.57. The fourth-order valence-corrected chi connectivity index (χ4v) is 4.17. The summed E-state index contributed by atoms with van der Waals surface area (Å²) in [7, 11) is 0. The molecule has 134 valence electrons. The van der Waals surface area contributed by atoms with E-state index in [4.69, 9.17) is 11.6 Å². The lowest BCUT2D eigenvalue weighted by atomic mass is 9.96. The Morgan fingerprint density at radius 3 is 2.80 bits per heavy atom. The summed E-state index contributed by atoms with van der Waals surface area (Å²) in [6.07, 6.45) is 3.46. The van der Waals surface area contributed by atoms with Crippen molar-refractivity contribution < 1.29 is 14.4 Å². The van der Waals surface area contributed by atoms with Crippen LogP contribution in [-0.4, -0.2) is 46.3 Å². The number of urea groups is 1. The van der Waals surface area contributed by atoms with E-state index in [9.17, 15) is 14.4 Å². The number of amides is 4. The van der Waals surface area contributed by atoms with Crippen LogP contribution in [0.2, 0.25) is 4.34 Å². The molecule has 1 atom stereocenters. The molecule has 0 radical (unpaired) electrons. The van der Waals surface area contributed by atoms with Gasteiger partial charge in [0, 0.05) is 11.4 Å². The minimum atomic E-state index is -0.873. The Labute approximate surface area is 155 Å². The summed E-state index contributed by atoms with van der Waals surface area (Å²) < 4.78 is 0.648. The standard InChI is InChI=1S/C17H20ClN3O3S/c1-3-8-20(9-12-6-7-13(18)25-12)14(22)10-21-15(23)17(2,11-4-5-11)19-16(21)24/h3,6-7,11H,1,4-5,8-10H2,2H3,(H,19,24). The maximum atomic E-state index is 12.7. The second-order valence-corrected chi connectivity index (χ2v) is 8.37. The van der Waals surface area contributed by atoms with Crippen molar-refractivity contribution in [2.45, 2.75) is 31.8 Å². The molecule has 2 aliphatic rings. The number of carbonyl (C=O) groups excluding carboxylic acids is 3. The molecular formula is C17H20ClN3O3S. The third-order valence-corrected chi connectivity index (χ3v) is 5.88. The van der Waals surface area contributed by atoms with Gasteiger partial charge in [-0.05, 0) is 37.8 Å². The quantitative estimate of drug-likeness (QED) is 0.583. The van der Waals surface area contributed by atoms with Crippen LogP contribution in [0.3, 0.4) is 0 Å². The second kappa shape index (κ2) is 6.80. The first kappa shape index (κ1) is 17.9. The summed E-state index contributed by atoms with van der Waals surface area (Å²) in [5.74, 6) is -0.444. The van der Waals surface area contributed by atoms with Crippen LogP contribution < -0.4 is 5.32 Å². The Balaban J connectivity index is 1.69. The average molecular weight is 382 g/mol. The van der Waals surface area contributed by atoms with Gasteiger partial charge in [0.15, 0.2) is 0 Å². The van der Waals surface area contributed by atoms with Crippen molar-refractivity contribution in [2.24, 2.45) is 5.92 Å². The molecular weight excluding hydrogens is 362 g/mol. The molecule has 2 heterocycles. The Morgan fingerprint density at radius 2 is 2.24 bits per heavy atom. The van der Waals surface area contributed by atoms with Crippen LogP contribution in [0.1, 0.15) is 24.6 Å². The van der Waals surface area contributed by atoms with Crippen molar-refractivity contribution >= 4 is 40.8 Å². The molecule has 25 heavy (non-hydrogen) atoms. The van der Waals surface area contributed by atoms with Gasteiger partial charge in [0.25, 0.3) is 5.91 Å². The maximum absolute atomic E-state index is 12.7. The van der Waals surface area contributed by atoms with Crippen LogP contribution in [0.4, 0.5) is 4.79 Å². The lowest BCUT2D eigenvalue weighted by molar-refractivity contribution is -0.139. The largest absolute Gasteiger partial charge is 0.332 e. The van der Waals surface area contributed by atoms with E-state index >= 15 is 0 Å². The summed E-state index contributed by atoms with van der Waals surface area (Å²) in [6, 6.07) is 3.13. The summed E-state index contributed by atoms with van der Waals surface area (Å²) in [4.78, 5) is 41.0. The number of nitrogens with zero attached hydrogens (tertiary/aromatic N) is 2. The number of hydrogen-bond acceptors (Lipinski definition) is 4. The molecule has 0 bridgehead atoms. The minimum Gasteiger partial charge on any atom is -0.332 e. The molecule has 0 spiro atoms. The molecule has 1 aliphatic heterocycles. The molecule has 1 aromatic heterocycles. The van der Waals surface area contributed by atoms with Gasteiger partial charge in [-0.2, -0.15) is 0 Å². The molecule has 1 saturated carbocycles. The number of nitrogens with one attached hydrogen (secondary N) is 1. The van der Waals surface area contributed by atoms with Crippen LogP contribution >= 0.6 is 22.9 Å². The van der Waals surface area contributed by atoms with Crippen LogP contribution in [0.25, 0.3) is 0 Å². The van der Waals surface area contributed by atoms with E-state index in [2.05, 4.69) is 11.9 Å². The van der Waals surface area contributed by atoms with Gasteiger partial charge in [-0.15, -0.1) is 17.9 Å². The highest BCUT2D eigenvalue weighted by atomic mass is 35.5. The summed E-state index contributed by atoms with van der Waals surface area (Å²) in [5.41, 5.74) is -0.873. The van der Waals surface area contributed by atoms with Crippen LogP contribution in [0, 0.1) is 5.92 Å². The minimum absolute atomic E-state index is 0.168. The number of halogens is 1. The molecule has 4 amide bonds. The van der Waals surface area contributed by atoms with Crippen molar-refractivity contribution in [3.8, 4) is 0 Å². The molecule has 1 aliphatic carbocycles. The first-order valence-corrected chi connectivity index (χ1v) is 9.31. The van der Waals surface area contributed by atoms with Crippen LogP contribution in [0.5, 0.6) is 0 Å². The normalized spacial score (nSPS) is 22.9. The van der Waals surface area contributed by atoms with Crippen molar-refractivity contribution in [1.29, 1.82) is 0 Å². The summed E-state index contributed by atoms with van der Waals surface area (Å²) in [6.45, 7) is 5.84. The Kier molecular flexibility index (Phi) is 4.88. The molecule has 1 unspecified atom stereocenters. The van der Waals surface area contributed by atoms with E-state index < -0.39 is 11.6 Å². The molecule has 1 N–H and O–H groups in total. The van der Waals surface area contributed by atoms with E-state index in [0.29, 0.717) is 17.4 Å². The van der Waals surface area contributed by atoms with Gasteiger partial charge >= 0.3 is 6.03 Å².